The Morgan fingerprint density at radius 3 is 2.77 bits per heavy atom. The van der Waals surface area contributed by atoms with E-state index in [1.54, 1.807) is 30.0 Å². The first-order chi connectivity index (χ1) is 12.7. The van der Waals surface area contributed by atoms with Crippen LogP contribution in [0.3, 0.4) is 0 Å². The summed E-state index contributed by atoms with van der Waals surface area (Å²) in [6.45, 7) is 0. The predicted octanol–water partition coefficient (Wildman–Crippen LogP) is 4.40. The molecule has 0 aliphatic rings. The van der Waals surface area contributed by atoms with Gasteiger partial charge in [0.15, 0.2) is 0 Å². The maximum Gasteiger partial charge on any atom is 0.230 e. The minimum atomic E-state index is -0.304. The SMILES string of the molecule is CSCCC(NC(=O)CSc1ccccc1F)c1nc2ccccc2[nH]1. The number of fused-ring (bicyclic) bond motifs is 1. The number of aromatic nitrogens is 2. The summed E-state index contributed by atoms with van der Waals surface area (Å²) in [6.07, 6.45) is 2.81. The predicted molar refractivity (Wildman–Crippen MR) is 107 cm³/mol. The molecular formula is C19H20FN3OS2. The van der Waals surface area contributed by atoms with Gasteiger partial charge in [-0.05, 0) is 42.7 Å². The zero-order chi connectivity index (χ0) is 18.4. The average molecular weight is 390 g/mol. The fourth-order valence-electron chi connectivity index (χ4n) is 2.59. The summed E-state index contributed by atoms with van der Waals surface area (Å²) in [5.41, 5.74) is 1.83. The molecule has 1 atom stereocenters. The van der Waals surface area contributed by atoms with E-state index in [0.29, 0.717) is 4.90 Å². The fraction of sp³-hybridized carbons (Fsp3) is 0.263. The van der Waals surface area contributed by atoms with Gasteiger partial charge >= 0.3 is 0 Å². The third kappa shape index (κ3) is 4.80. The first-order valence-electron chi connectivity index (χ1n) is 8.27. The van der Waals surface area contributed by atoms with Crippen LogP contribution in [0.2, 0.25) is 0 Å². The highest BCUT2D eigenvalue weighted by Crippen LogP contribution is 2.23. The van der Waals surface area contributed by atoms with Crippen LogP contribution in [0.25, 0.3) is 11.0 Å². The van der Waals surface area contributed by atoms with Crippen LogP contribution in [-0.4, -0.2) is 33.6 Å². The minimum absolute atomic E-state index is 0.134. The minimum Gasteiger partial charge on any atom is -0.345 e. The summed E-state index contributed by atoms with van der Waals surface area (Å²) >= 11 is 2.92. The van der Waals surface area contributed by atoms with Crippen molar-refractivity contribution in [3.05, 3.63) is 60.2 Å². The van der Waals surface area contributed by atoms with Gasteiger partial charge in [-0.1, -0.05) is 24.3 Å². The molecule has 0 spiro atoms. The van der Waals surface area contributed by atoms with Gasteiger partial charge in [0.2, 0.25) is 5.91 Å². The van der Waals surface area contributed by atoms with Crippen molar-refractivity contribution in [2.45, 2.75) is 17.4 Å². The summed E-state index contributed by atoms with van der Waals surface area (Å²) in [4.78, 5) is 20.8. The quantitative estimate of drug-likeness (QED) is 0.561. The van der Waals surface area contributed by atoms with Crippen LogP contribution in [0.5, 0.6) is 0 Å². The lowest BCUT2D eigenvalue weighted by Gasteiger charge is -2.16. The molecule has 136 valence electrons. The molecule has 4 nitrogen and oxygen atoms in total. The Bertz CT molecular complexity index is 851. The number of hydrogen-bond donors (Lipinski definition) is 2. The van der Waals surface area contributed by atoms with Gasteiger partial charge in [0.05, 0.1) is 22.8 Å². The lowest BCUT2D eigenvalue weighted by Crippen LogP contribution is -2.31. The number of imidazole rings is 1. The maximum absolute atomic E-state index is 13.7. The van der Waals surface area contributed by atoms with Gasteiger partial charge in [0.1, 0.15) is 11.6 Å². The van der Waals surface area contributed by atoms with Crippen LogP contribution in [0, 0.1) is 5.82 Å². The van der Waals surface area contributed by atoms with E-state index in [1.165, 1.54) is 17.8 Å². The number of para-hydroxylation sites is 2. The molecule has 0 bridgehead atoms. The monoisotopic (exact) mass is 389 g/mol. The summed E-state index contributed by atoms with van der Waals surface area (Å²) in [6, 6.07) is 14.1. The van der Waals surface area contributed by atoms with Gasteiger partial charge in [-0.2, -0.15) is 11.8 Å². The zero-order valence-corrected chi connectivity index (χ0v) is 16.0. The second-order valence-corrected chi connectivity index (χ2v) is 7.76. The molecule has 0 saturated carbocycles. The first kappa shape index (κ1) is 18.8. The van der Waals surface area contributed by atoms with Crippen LogP contribution in [0.1, 0.15) is 18.3 Å². The molecule has 3 aromatic rings. The third-order valence-corrected chi connectivity index (χ3v) is 5.57. The number of hydrogen-bond acceptors (Lipinski definition) is 4. The summed E-state index contributed by atoms with van der Waals surface area (Å²) in [5, 5.41) is 3.03. The van der Waals surface area contributed by atoms with Gasteiger partial charge in [0, 0.05) is 4.90 Å². The third-order valence-electron chi connectivity index (χ3n) is 3.88. The first-order valence-corrected chi connectivity index (χ1v) is 10.7. The van der Waals surface area contributed by atoms with Crippen molar-refractivity contribution in [3.63, 3.8) is 0 Å². The molecule has 1 amide bonds. The van der Waals surface area contributed by atoms with Crippen molar-refractivity contribution in [1.29, 1.82) is 0 Å². The molecular weight excluding hydrogens is 369 g/mol. The molecule has 3 rings (SSSR count). The van der Waals surface area contributed by atoms with Gasteiger partial charge in [-0.3, -0.25) is 4.79 Å². The second kappa shape index (κ2) is 9.09. The van der Waals surface area contributed by atoms with E-state index >= 15 is 0 Å². The van der Waals surface area contributed by atoms with Gasteiger partial charge in [0.25, 0.3) is 0 Å². The summed E-state index contributed by atoms with van der Waals surface area (Å²) in [5.74, 6) is 1.38. The molecule has 0 saturated heterocycles. The highest BCUT2D eigenvalue weighted by molar-refractivity contribution is 8.00. The molecule has 2 N–H and O–H groups in total. The number of thioether (sulfide) groups is 2. The van der Waals surface area contributed by atoms with E-state index < -0.39 is 0 Å². The van der Waals surface area contributed by atoms with Crippen molar-refractivity contribution in [2.75, 3.05) is 17.8 Å². The van der Waals surface area contributed by atoms with Crippen molar-refractivity contribution >= 4 is 40.5 Å². The van der Waals surface area contributed by atoms with Crippen LogP contribution in [0.15, 0.2) is 53.4 Å². The lowest BCUT2D eigenvalue weighted by molar-refractivity contribution is -0.119. The van der Waals surface area contributed by atoms with Crippen LogP contribution in [0.4, 0.5) is 4.39 Å². The van der Waals surface area contributed by atoms with Gasteiger partial charge in [-0.25, -0.2) is 9.37 Å². The average Bonchev–Trinajstić information content (AvgIpc) is 3.08. The molecule has 0 fully saturated rings. The van der Waals surface area contributed by atoms with Crippen molar-refractivity contribution in [2.24, 2.45) is 0 Å². The number of H-pyrrole nitrogens is 1. The molecule has 26 heavy (non-hydrogen) atoms. The van der Waals surface area contributed by atoms with Crippen LogP contribution in [-0.2, 0) is 4.79 Å². The summed E-state index contributed by atoms with van der Waals surface area (Å²) < 4.78 is 13.7. The van der Waals surface area contributed by atoms with Crippen LogP contribution < -0.4 is 5.32 Å². The molecule has 1 aromatic heterocycles. The smallest absolute Gasteiger partial charge is 0.230 e. The normalized spacial score (nSPS) is 12.2. The number of benzene rings is 2. The maximum atomic E-state index is 13.7. The number of halogens is 1. The molecule has 1 heterocycles. The number of carbonyl (C=O) groups excluding carboxylic acids is 1. The number of amides is 1. The standard InChI is InChI=1S/C19H20FN3OS2/c1-25-11-10-16(19-22-14-7-3-4-8-15(14)23-19)21-18(24)12-26-17-9-5-2-6-13(17)20/h2-9,16H,10-12H2,1H3,(H,21,24)(H,22,23). The Kier molecular flexibility index (Phi) is 6.57. The topological polar surface area (TPSA) is 57.8 Å². The Morgan fingerprint density at radius 2 is 2.00 bits per heavy atom. The largest absolute Gasteiger partial charge is 0.345 e. The second-order valence-electron chi connectivity index (χ2n) is 5.76. The Labute approximate surface area is 160 Å². The Hall–Kier alpha value is -1.99. The molecule has 0 radical (unpaired) electrons. The molecule has 2 aromatic carbocycles. The Balaban J connectivity index is 1.67. The van der Waals surface area contributed by atoms with Crippen molar-refractivity contribution in [1.82, 2.24) is 15.3 Å². The number of nitrogens with zero attached hydrogens (tertiary/aromatic N) is 1. The van der Waals surface area contributed by atoms with E-state index in [9.17, 15) is 9.18 Å². The molecule has 1 unspecified atom stereocenters. The molecule has 0 aliphatic carbocycles. The summed E-state index contributed by atoms with van der Waals surface area (Å²) in [7, 11) is 0. The number of aromatic amines is 1. The van der Waals surface area contributed by atoms with E-state index in [-0.39, 0.29) is 23.5 Å². The van der Waals surface area contributed by atoms with Gasteiger partial charge in [-0.15, -0.1) is 11.8 Å². The number of rotatable bonds is 8. The highest BCUT2D eigenvalue weighted by atomic mass is 32.2. The van der Waals surface area contributed by atoms with E-state index in [4.69, 9.17) is 0 Å². The van der Waals surface area contributed by atoms with E-state index in [0.717, 1.165) is 29.0 Å². The van der Waals surface area contributed by atoms with Crippen molar-refractivity contribution < 1.29 is 9.18 Å². The number of nitrogens with one attached hydrogen (secondary N) is 2. The molecule has 7 heteroatoms. The van der Waals surface area contributed by atoms with Crippen molar-refractivity contribution in [3.8, 4) is 0 Å². The molecule has 0 aliphatic heterocycles. The fourth-order valence-corrected chi connectivity index (χ4v) is 3.81. The zero-order valence-electron chi connectivity index (χ0n) is 14.4. The van der Waals surface area contributed by atoms with Gasteiger partial charge < -0.3 is 10.3 Å². The van der Waals surface area contributed by atoms with E-state index in [2.05, 4.69) is 15.3 Å². The number of carbonyl (C=O) groups is 1. The highest BCUT2D eigenvalue weighted by Gasteiger charge is 2.18. The Morgan fingerprint density at radius 1 is 1.23 bits per heavy atom. The lowest BCUT2D eigenvalue weighted by atomic mass is 10.2. The van der Waals surface area contributed by atoms with E-state index in [1.807, 2.05) is 30.5 Å². The van der Waals surface area contributed by atoms with Crippen LogP contribution >= 0.6 is 23.5 Å².